The summed E-state index contributed by atoms with van der Waals surface area (Å²) in [5, 5.41) is 3.22. The first kappa shape index (κ1) is 19.6. The summed E-state index contributed by atoms with van der Waals surface area (Å²) < 4.78 is 16.3. The van der Waals surface area contributed by atoms with E-state index in [4.69, 9.17) is 25.8 Å². The van der Waals surface area contributed by atoms with Crippen molar-refractivity contribution in [2.75, 3.05) is 19.5 Å². The number of halogens is 1. The summed E-state index contributed by atoms with van der Waals surface area (Å²) in [6.07, 6.45) is 0. The molecule has 0 fully saturated rings. The first-order valence-corrected chi connectivity index (χ1v) is 8.98. The quantitative estimate of drug-likeness (QED) is 0.596. The smallest absolute Gasteiger partial charge is 0.255 e. The van der Waals surface area contributed by atoms with E-state index in [9.17, 15) is 4.79 Å². The highest BCUT2D eigenvalue weighted by Gasteiger charge is 2.14. The second-order valence-corrected chi connectivity index (χ2v) is 6.35. The second-order valence-electron chi connectivity index (χ2n) is 5.94. The Labute approximate surface area is 168 Å². The number of benzene rings is 3. The van der Waals surface area contributed by atoms with Crippen LogP contribution in [-0.4, -0.2) is 20.1 Å². The van der Waals surface area contributed by atoms with Gasteiger partial charge in [0.15, 0.2) is 0 Å². The monoisotopic (exact) mass is 397 g/mol. The first-order chi connectivity index (χ1) is 13.6. The predicted octanol–water partition coefficient (Wildman–Crippen LogP) is 5.19. The van der Waals surface area contributed by atoms with Crippen LogP contribution >= 0.6 is 11.6 Å². The molecule has 3 rings (SSSR count). The molecule has 0 bridgehead atoms. The van der Waals surface area contributed by atoms with Gasteiger partial charge in [0.05, 0.1) is 24.9 Å². The zero-order chi connectivity index (χ0) is 19.9. The fraction of sp³-hybridized carbons (Fsp3) is 0.136. The van der Waals surface area contributed by atoms with Crippen molar-refractivity contribution < 1.29 is 19.0 Å². The highest BCUT2D eigenvalue weighted by atomic mass is 35.5. The number of nitrogens with one attached hydrogen (secondary N) is 1. The largest absolute Gasteiger partial charge is 0.495 e. The van der Waals surface area contributed by atoms with Gasteiger partial charge in [-0.3, -0.25) is 4.79 Å². The highest BCUT2D eigenvalue weighted by molar-refractivity contribution is 6.32. The van der Waals surface area contributed by atoms with Crippen LogP contribution in [0, 0.1) is 0 Å². The number of carbonyl (C=O) groups is 1. The summed E-state index contributed by atoms with van der Waals surface area (Å²) in [6, 6.07) is 20.0. The number of hydrogen-bond donors (Lipinski definition) is 1. The van der Waals surface area contributed by atoms with Gasteiger partial charge in [0.25, 0.3) is 5.91 Å². The molecular formula is C22H20ClNO4. The van der Waals surface area contributed by atoms with E-state index in [1.807, 2.05) is 36.4 Å². The first-order valence-electron chi connectivity index (χ1n) is 8.60. The Kier molecular flexibility index (Phi) is 6.40. The molecule has 0 heterocycles. The molecule has 0 aliphatic heterocycles. The molecule has 0 aromatic heterocycles. The van der Waals surface area contributed by atoms with Gasteiger partial charge in [0.2, 0.25) is 0 Å². The summed E-state index contributed by atoms with van der Waals surface area (Å²) in [7, 11) is 3.01. The molecule has 0 saturated carbocycles. The number of carbonyl (C=O) groups excluding carboxylic acids is 1. The Bertz CT molecular complexity index is 960. The van der Waals surface area contributed by atoms with E-state index in [0.717, 1.165) is 5.56 Å². The van der Waals surface area contributed by atoms with Crippen molar-refractivity contribution in [2.24, 2.45) is 0 Å². The third kappa shape index (κ3) is 4.75. The molecule has 0 aliphatic carbocycles. The SMILES string of the molecule is COc1cc(NC(=O)c2cccc(OCc3ccccc3)c2)c(OC)cc1Cl. The summed E-state index contributed by atoms with van der Waals surface area (Å²) in [5.74, 6) is 1.19. The molecule has 144 valence electrons. The van der Waals surface area contributed by atoms with E-state index in [-0.39, 0.29) is 5.91 Å². The zero-order valence-corrected chi connectivity index (χ0v) is 16.3. The minimum atomic E-state index is -0.298. The molecule has 0 radical (unpaired) electrons. The minimum Gasteiger partial charge on any atom is -0.495 e. The van der Waals surface area contributed by atoms with Crippen LogP contribution in [0.25, 0.3) is 0 Å². The molecule has 0 atom stereocenters. The standard InChI is InChI=1S/C22H20ClNO4/c1-26-20-13-19(21(27-2)12-18(20)23)24-22(25)16-9-6-10-17(11-16)28-14-15-7-4-3-5-8-15/h3-13H,14H2,1-2H3,(H,24,25). The van der Waals surface area contributed by atoms with Crippen molar-refractivity contribution in [3.05, 3.63) is 82.9 Å². The van der Waals surface area contributed by atoms with Crippen LogP contribution in [0.2, 0.25) is 5.02 Å². The van der Waals surface area contributed by atoms with E-state index in [1.165, 1.54) is 14.2 Å². The lowest BCUT2D eigenvalue weighted by molar-refractivity contribution is 0.102. The van der Waals surface area contributed by atoms with Crippen molar-refractivity contribution >= 4 is 23.2 Å². The maximum atomic E-state index is 12.7. The molecule has 6 heteroatoms. The van der Waals surface area contributed by atoms with Gasteiger partial charge >= 0.3 is 0 Å². The third-order valence-electron chi connectivity index (χ3n) is 4.07. The third-order valence-corrected chi connectivity index (χ3v) is 4.36. The summed E-state index contributed by atoms with van der Waals surface area (Å²) in [4.78, 5) is 12.7. The number of methoxy groups -OCH3 is 2. The van der Waals surface area contributed by atoms with Crippen molar-refractivity contribution in [1.29, 1.82) is 0 Å². The average molecular weight is 398 g/mol. The normalized spacial score (nSPS) is 10.2. The summed E-state index contributed by atoms with van der Waals surface area (Å²) >= 11 is 6.11. The number of hydrogen-bond acceptors (Lipinski definition) is 4. The molecule has 0 spiro atoms. The van der Waals surface area contributed by atoms with Gasteiger partial charge < -0.3 is 19.5 Å². The summed E-state index contributed by atoms with van der Waals surface area (Å²) in [6.45, 7) is 0.425. The van der Waals surface area contributed by atoms with Gasteiger partial charge in [0.1, 0.15) is 23.9 Å². The lowest BCUT2D eigenvalue weighted by Crippen LogP contribution is -2.13. The Morgan fingerprint density at radius 3 is 2.39 bits per heavy atom. The number of ether oxygens (including phenoxy) is 3. The predicted molar refractivity (Wildman–Crippen MR) is 110 cm³/mol. The second kappa shape index (κ2) is 9.15. The van der Waals surface area contributed by atoms with E-state index in [0.29, 0.717) is 40.1 Å². The number of amides is 1. The van der Waals surface area contributed by atoms with Crippen molar-refractivity contribution in [3.8, 4) is 17.2 Å². The molecule has 5 nitrogen and oxygen atoms in total. The maximum Gasteiger partial charge on any atom is 0.255 e. The topological polar surface area (TPSA) is 56.8 Å². The Balaban J connectivity index is 1.74. The van der Waals surface area contributed by atoms with Crippen LogP contribution in [0.3, 0.4) is 0 Å². The summed E-state index contributed by atoms with van der Waals surface area (Å²) in [5.41, 5.74) is 1.97. The van der Waals surface area contributed by atoms with Crippen LogP contribution in [-0.2, 0) is 6.61 Å². The van der Waals surface area contributed by atoms with Crippen LogP contribution in [0.5, 0.6) is 17.2 Å². The van der Waals surface area contributed by atoms with Crippen molar-refractivity contribution in [1.82, 2.24) is 0 Å². The van der Waals surface area contributed by atoms with Crippen molar-refractivity contribution in [3.63, 3.8) is 0 Å². The van der Waals surface area contributed by atoms with Gasteiger partial charge in [-0.1, -0.05) is 48.0 Å². The van der Waals surface area contributed by atoms with Crippen LogP contribution in [0.1, 0.15) is 15.9 Å². The molecule has 0 unspecified atom stereocenters. The van der Waals surface area contributed by atoms with E-state index < -0.39 is 0 Å². The molecule has 3 aromatic carbocycles. The highest BCUT2D eigenvalue weighted by Crippen LogP contribution is 2.36. The molecule has 1 N–H and O–H groups in total. The average Bonchev–Trinajstić information content (AvgIpc) is 2.74. The van der Waals surface area contributed by atoms with Crippen LogP contribution in [0.15, 0.2) is 66.7 Å². The Hall–Kier alpha value is -3.18. The molecular weight excluding hydrogens is 378 g/mol. The molecule has 1 amide bonds. The molecule has 28 heavy (non-hydrogen) atoms. The van der Waals surface area contributed by atoms with Crippen molar-refractivity contribution in [2.45, 2.75) is 6.61 Å². The van der Waals surface area contributed by atoms with Gasteiger partial charge in [-0.15, -0.1) is 0 Å². The maximum absolute atomic E-state index is 12.7. The fourth-order valence-corrected chi connectivity index (χ4v) is 2.85. The Morgan fingerprint density at radius 1 is 0.929 bits per heavy atom. The minimum absolute atomic E-state index is 0.298. The van der Waals surface area contributed by atoms with E-state index in [1.54, 1.807) is 30.3 Å². The molecule has 0 saturated heterocycles. The fourth-order valence-electron chi connectivity index (χ4n) is 2.62. The Morgan fingerprint density at radius 2 is 1.68 bits per heavy atom. The lowest BCUT2D eigenvalue weighted by Gasteiger charge is -2.13. The van der Waals surface area contributed by atoms with Gasteiger partial charge in [-0.05, 0) is 23.8 Å². The van der Waals surface area contributed by atoms with E-state index in [2.05, 4.69) is 5.32 Å². The lowest BCUT2D eigenvalue weighted by atomic mass is 10.2. The van der Waals surface area contributed by atoms with Crippen LogP contribution in [0.4, 0.5) is 5.69 Å². The molecule has 3 aromatic rings. The van der Waals surface area contributed by atoms with Gasteiger partial charge in [0, 0.05) is 17.7 Å². The van der Waals surface area contributed by atoms with E-state index >= 15 is 0 Å². The van der Waals surface area contributed by atoms with Gasteiger partial charge in [-0.25, -0.2) is 0 Å². The van der Waals surface area contributed by atoms with Crippen LogP contribution < -0.4 is 19.5 Å². The molecule has 0 aliphatic rings. The van der Waals surface area contributed by atoms with Gasteiger partial charge in [-0.2, -0.15) is 0 Å². The zero-order valence-electron chi connectivity index (χ0n) is 15.6. The number of rotatable bonds is 7. The number of anilines is 1.